The van der Waals surface area contributed by atoms with Crippen LogP contribution in [-0.4, -0.2) is 48.0 Å². The molecule has 0 unspecified atom stereocenters. The van der Waals surface area contributed by atoms with E-state index < -0.39 is 11.8 Å². The van der Waals surface area contributed by atoms with E-state index in [0.29, 0.717) is 44.7 Å². The Bertz CT molecular complexity index is 1010. The van der Waals surface area contributed by atoms with E-state index in [1.165, 1.54) is 12.1 Å². The molecule has 0 radical (unpaired) electrons. The summed E-state index contributed by atoms with van der Waals surface area (Å²) in [6.45, 7) is 6.50. The van der Waals surface area contributed by atoms with E-state index >= 15 is 0 Å². The number of benzene rings is 1. The molecule has 1 spiro atoms. The minimum Gasteiger partial charge on any atom is -0.462 e. The molecule has 4 rings (SSSR count). The van der Waals surface area contributed by atoms with Crippen molar-refractivity contribution in [3.8, 4) is 0 Å². The van der Waals surface area contributed by atoms with Crippen LogP contribution in [0.4, 0.5) is 4.39 Å². The zero-order chi connectivity index (χ0) is 22.7. The predicted molar refractivity (Wildman–Crippen MR) is 116 cm³/mol. The van der Waals surface area contributed by atoms with Gasteiger partial charge in [-0.1, -0.05) is 18.6 Å². The zero-order valence-corrected chi connectivity index (χ0v) is 18.7. The summed E-state index contributed by atoms with van der Waals surface area (Å²) in [4.78, 5) is 25.1. The summed E-state index contributed by atoms with van der Waals surface area (Å²) in [5, 5.41) is 7.81. The number of rotatable bonds is 6. The third kappa shape index (κ3) is 4.55. The van der Waals surface area contributed by atoms with Crippen molar-refractivity contribution in [3.05, 3.63) is 52.1 Å². The quantitative estimate of drug-likeness (QED) is 0.548. The van der Waals surface area contributed by atoms with Gasteiger partial charge in [-0.25, -0.2) is 9.18 Å². The van der Waals surface area contributed by atoms with Crippen LogP contribution in [0.2, 0.25) is 0 Å². The van der Waals surface area contributed by atoms with Gasteiger partial charge in [-0.2, -0.15) is 5.10 Å². The van der Waals surface area contributed by atoms with Gasteiger partial charge in [-0.05, 0) is 50.2 Å². The fourth-order valence-electron chi connectivity index (χ4n) is 4.61. The second-order valence-corrected chi connectivity index (χ2v) is 8.79. The van der Waals surface area contributed by atoms with Crippen molar-refractivity contribution in [2.24, 2.45) is 5.41 Å². The van der Waals surface area contributed by atoms with Gasteiger partial charge in [0, 0.05) is 32.7 Å². The third-order valence-electron chi connectivity index (χ3n) is 6.50. The third-order valence-corrected chi connectivity index (χ3v) is 6.50. The van der Waals surface area contributed by atoms with Crippen LogP contribution in [0.15, 0.2) is 18.2 Å². The molecule has 1 saturated heterocycles. The van der Waals surface area contributed by atoms with Crippen molar-refractivity contribution >= 4 is 11.9 Å². The molecule has 0 saturated carbocycles. The highest BCUT2D eigenvalue weighted by molar-refractivity contribution is 5.97. The van der Waals surface area contributed by atoms with Crippen LogP contribution in [0.3, 0.4) is 0 Å². The minimum absolute atomic E-state index is 0.0167. The molecule has 0 atom stereocenters. The Morgan fingerprint density at radius 2 is 2.12 bits per heavy atom. The zero-order valence-electron chi connectivity index (χ0n) is 18.7. The maximum atomic E-state index is 13.9. The fraction of sp³-hybridized carbons (Fsp3) is 0.542. The molecular formula is C24H30FN3O4. The fourth-order valence-corrected chi connectivity index (χ4v) is 4.61. The Hall–Kier alpha value is -2.74. The van der Waals surface area contributed by atoms with E-state index in [0.717, 1.165) is 36.2 Å². The predicted octanol–water partition coefficient (Wildman–Crippen LogP) is 3.22. The smallest absolute Gasteiger partial charge is 0.341 e. The maximum Gasteiger partial charge on any atom is 0.341 e. The van der Waals surface area contributed by atoms with Gasteiger partial charge in [0.2, 0.25) is 0 Å². The van der Waals surface area contributed by atoms with Crippen molar-refractivity contribution in [1.82, 2.24) is 15.1 Å². The number of fused-ring (bicyclic) bond motifs is 1. The van der Waals surface area contributed by atoms with Crippen molar-refractivity contribution in [3.63, 3.8) is 0 Å². The van der Waals surface area contributed by atoms with Crippen molar-refractivity contribution in [2.75, 3.05) is 26.4 Å². The molecule has 2 aliphatic heterocycles. The van der Waals surface area contributed by atoms with Crippen LogP contribution >= 0.6 is 0 Å². The summed E-state index contributed by atoms with van der Waals surface area (Å²) < 4.78 is 26.7. The van der Waals surface area contributed by atoms with Crippen molar-refractivity contribution in [2.45, 2.75) is 52.5 Å². The van der Waals surface area contributed by atoms with E-state index in [2.05, 4.69) is 5.32 Å². The highest BCUT2D eigenvalue weighted by Gasteiger charge is 2.39. The van der Waals surface area contributed by atoms with Crippen molar-refractivity contribution in [1.29, 1.82) is 0 Å². The van der Waals surface area contributed by atoms with Gasteiger partial charge in [0.1, 0.15) is 5.82 Å². The minimum atomic E-state index is -0.666. The Morgan fingerprint density at radius 1 is 1.34 bits per heavy atom. The van der Waals surface area contributed by atoms with E-state index in [1.54, 1.807) is 13.0 Å². The van der Waals surface area contributed by atoms with Gasteiger partial charge < -0.3 is 14.8 Å². The molecule has 1 fully saturated rings. The average molecular weight is 444 g/mol. The largest absolute Gasteiger partial charge is 0.462 e. The Morgan fingerprint density at radius 3 is 2.88 bits per heavy atom. The van der Waals surface area contributed by atoms with Gasteiger partial charge in [0.05, 0.1) is 29.1 Å². The molecule has 7 nitrogen and oxygen atoms in total. The topological polar surface area (TPSA) is 82.5 Å². The summed E-state index contributed by atoms with van der Waals surface area (Å²) in [6.07, 6.45) is 3.76. The van der Waals surface area contributed by atoms with Crippen LogP contribution in [0.5, 0.6) is 0 Å². The van der Waals surface area contributed by atoms with Gasteiger partial charge in [-0.3, -0.25) is 9.48 Å². The highest BCUT2D eigenvalue weighted by atomic mass is 19.1. The van der Waals surface area contributed by atoms with E-state index in [1.807, 2.05) is 11.6 Å². The molecule has 2 aromatic rings. The SMILES string of the molecule is CCc1nn(CCCOC(=O)c2cc(C)ccc2F)c2c1C(=O)NCC1(CCOCC1)C2. The number of carbonyl (C=O) groups is 2. The van der Waals surface area contributed by atoms with Gasteiger partial charge in [0.15, 0.2) is 0 Å². The first-order chi connectivity index (χ1) is 15.4. The summed E-state index contributed by atoms with van der Waals surface area (Å²) >= 11 is 0. The summed E-state index contributed by atoms with van der Waals surface area (Å²) in [6, 6.07) is 4.38. The molecule has 1 aromatic carbocycles. The lowest BCUT2D eigenvalue weighted by Gasteiger charge is -2.36. The molecule has 2 aliphatic rings. The molecular weight excluding hydrogens is 413 g/mol. The molecule has 3 heterocycles. The number of nitrogens with zero attached hydrogens (tertiary/aromatic N) is 2. The normalized spacial score (nSPS) is 17.5. The summed E-state index contributed by atoms with van der Waals surface area (Å²) in [5.41, 5.74) is 3.16. The van der Waals surface area contributed by atoms with Crippen LogP contribution < -0.4 is 5.32 Å². The molecule has 1 aromatic heterocycles. The molecule has 1 amide bonds. The molecule has 8 heteroatoms. The number of carbonyl (C=O) groups excluding carboxylic acids is 2. The lowest BCUT2D eigenvalue weighted by atomic mass is 9.76. The Labute approximate surface area is 187 Å². The number of aromatic nitrogens is 2. The van der Waals surface area contributed by atoms with Gasteiger partial charge >= 0.3 is 5.97 Å². The molecule has 0 aliphatic carbocycles. The van der Waals surface area contributed by atoms with E-state index in [4.69, 9.17) is 14.6 Å². The summed E-state index contributed by atoms with van der Waals surface area (Å²) in [5.74, 6) is -1.31. The first-order valence-electron chi connectivity index (χ1n) is 11.3. The number of ether oxygens (including phenoxy) is 2. The second kappa shape index (κ2) is 9.40. The first-order valence-corrected chi connectivity index (χ1v) is 11.3. The number of hydrogen-bond donors (Lipinski definition) is 1. The Kier molecular flexibility index (Phi) is 6.60. The average Bonchev–Trinajstić information content (AvgIpc) is 3.07. The maximum absolute atomic E-state index is 13.9. The first kappa shape index (κ1) is 22.5. The van der Waals surface area contributed by atoms with E-state index in [9.17, 15) is 14.0 Å². The Balaban J connectivity index is 1.46. The number of aryl methyl sites for hydroxylation is 3. The number of amides is 1. The van der Waals surface area contributed by atoms with Crippen LogP contribution in [-0.2, 0) is 28.9 Å². The standard InChI is InChI=1S/C24H30FN3O4/c1-3-19-21-20(14-24(15-26-22(21)29)7-11-31-12-8-24)28(27-19)9-4-10-32-23(30)17-13-16(2)5-6-18(17)25/h5-6,13H,3-4,7-12,14-15H2,1-2H3,(H,26,29). The monoisotopic (exact) mass is 443 g/mol. The number of halogens is 1. The lowest BCUT2D eigenvalue weighted by molar-refractivity contribution is 0.0152. The van der Waals surface area contributed by atoms with Gasteiger partial charge in [0.25, 0.3) is 5.91 Å². The molecule has 0 bridgehead atoms. The van der Waals surface area contributed by atoms with E-state index in [-0.39, 0.29) is 23.5 Å². The number of esters is 1. The number of nitrogens with one attached hydrogen (secondary N) is 1. The van der Waals surface area contributed by atoms with Crippen LogP contribution in [0.1, 0.15) is 63.9 Å². The molecule has 172 valence electrons. The van der Waals surface area contributed by atoms with Gasteiger partial charge in [-0.15, -0.1) is 0 Å². The lowest BCUT2D eigenvalue weighted by Crippen LogP contribution is -2.40. The van der Waals surface area contributed by atoms with Crippen LogP contribution in [0.25, 0.3) is 0 Å². The van der Waals surface area contributed by atoms with Crippen LogP contribution in [0, 0.1) is 18.2 Å². The summed E-state index contributed by atoms with van der Waals surface area (Å²) in [7, 11) is 0. The molecule has 1 N–H and O–H groups in total. The molecule has 32 heavy (non-hydrogen) atoms. The second-order valence-electron chi connectivity index (χ2n) is 8.79. The highest BCUT2D eigenvalue weighted by Crippen LogP contribution is 2.37. The van der Waals surface area contributed by atoms with Crippen molar-refractivity contribution < 1.29 is 23.5 Å². The number of hydrogen-bond acceptors (Lipinski definition) is 5.